The number of nitriles is 1. The summed E-state index contributed by atoms with van der Waals surface area (Å²) in [6, 6.07) is 17.4. The third-order valence-electron chi connectivity index (χ3n) is 3.54. The average molecular weight is 325 g/mol. The molecule has 0 aromatic heterocycles. The molecule has 0 bridgehead atoms. The lowest BCUT2D eigenvalue weighted by molar-refractivity contribution is 0.585. The Kier molecular flexibility index (Phi) is 4.59. The van der Waals surface area contributed by atoms with Crippen LogP contribution >= 0.6 is 11.8 Å². The third kappa shape index (κ3) is 3.52. The smallest absolute Gasteiger partial charge is 0.133 e. The maximum Gasteiger partial charge on any atom is 0.133 e. The van der Waals surface area contributed by atoms with E-state index in [1.807, 2.05) is 30.3 Å². The van der Waals surface area contributed by atoms with Crippen molar-refractivity contribution < 1.29 is 8.78 Å². The minimum Gasteiger partial charge on any atom is -0.207 e. The first-order valence-corrected chi connectivity index (χ1v) is 8.15. The van der Waals surface area contributed by atoms with E-state index >= 15 is 0 Å². The van der Waals surface area contributed by atoms with Crippen LogP contribution in [0.5, 0.6) is 0 Å². The van der Waals surface area contributed by atoms with Crippen LogP contribution < -0.4 is 0 Å². The van der Waals surface area contributed by atoms with Crippen molar-refractivity contribution in [1.29, 1.82) is 5.26 Å². The van der Waals surface area contributed by atoms with Crippen molar-refractivity contribution >= 4 is 22.5 Å². The molecule has 114 valence electrons. The highest BCUT2D eigenvalue weighted by atomic mass is 32.2. The van der Waals surface area contributed by atoms with E-state index in [-0.39, 0.29) is 0 Å². The Balaban J connectivity index is 1.93. The summed E-state index contributed by atoms with van der Waals surface area (Å²) in [6.45, 7) is 0. The van der Waals surface area contributed by atoms with Gasteiger partial charge in [-0.3, -0.25) is 0 Å². The number of nitrogens with zero attached hydrogens (tertiary/aromatic N) is 1. The molecule has 0 heterocycles. The van der Waals surface area contributed by atoms with E-state index < -0.39 is 11.6 Å². The molecule has 0 fully saturated rings. The summed E-state index contributed by atoms with van der Waals surface area (Å²) in [7, 11) is 0. The van der Waals surface area contributed by atoms with Gasteiger partial charge >= 0.3 is 0 Å². The van der Waals surface area contributed by atoms with Gasteiger partial charge in [-0.15, -0.1) is 11.8 Å². The summed E-state index contributed by atoms with van der Waals surface area (Å²) >= 11 is 1.64. The molecule has 0 spiro atoms. The number of benzene rings is 3. The zero-order chi connectivity index (χ0) is 16.2. The van der Waals surface area contributed by atoms with Gasteiger partial charge in [-0.1, -0.05) is 18.2 Å². The molecule has 0 aliphatic rings. The molecule has 1 nitrogen and oxygen atoms in total. The van der Waals surface area contributed by atoms with Crippen LogP contribution in [0, 0.1) is 23.0 Å². The normalized spacial score (nSPS) is 10.7. The van der Waals surface area contributed by atoms with Gasteiger partial charge in [0.25, 0.3) is 0 Å². The van der Waals surface area contributed by atoms with Crippen LogP contribution in [-0.4, -0.2) is 5.75 Å². The molecule has 0 atom stereocenters. The Morgan fingerprint density at radius 2 is 1.70 bits per heavy atom. The minimum absolute atomic E-state index is 0.390. The highest BCUT2D eigenvalue weighted by Gasteiger charge is 2.07. The Morgan fingerprint density at radius 3 is 2.48 bits per heavy atom. The second-order valence-electron chi connectivity index (χ2n) is 5.10. The predicted octanol–water partition coefficient (Wildman–Crippen LogP) is 5.79. The van der Waals surface area contributed by atoms with Gasteiger partial charge in [-0.25, -0.2) is 8.78 Å². The lowest BCUT2D eigenvalue weighted by Gasteiger charge is -2.07. The van der Waals surface area contributed by atoms with Crippen molar-refractivity contribution in [3.8, 4) is 17.2 Å². The van der Waals surface area contributed by atoms with Crippen molar-refractivity contribution in [3.05, 3.63) is 66.2 Å². The molecule has 0 N–H and O–H groups in total. The fourth-order valence-corrected chi connectivity index (χ4v) is 3.22. The molecule has 0 saturated heterocycles. The maximum atomic E-state index is 13.9. The predicted molar refractivity (Wildman–Crippen MR) is 90.3 cm³/mol. The van der Waals surface area contributed by atoms with Gasteiger partial charge in [0.2, 0.25) is 0 Å². The third-order valence-corrected chi connectivity index (χ3v) is 4.53. The van der Waals surface area contributed by atoms with Crippen molar-refractivity contribution in [1.82, 2.24) is 0 Å². The van der Waals surface area contributed by atoms with Gasteiger partial charge in [0.1, 0.15) is 11.6 Å². The van der Waals surface area contributed by atoms with E-state index in [2.05, 4.69) is 12.1 Å². The molecule has 23 heavy (non-hydrogen) atoms. The summed E-state index contributed by atoms with van der Waals surface area (Å²) in [6.07, 6.45) is 0.519. The number of thioether (sulfide) groups is 1. The summed E-state index contributed by atoms with van der Waals surface area (Å²) in [5, 5.41) is 10.6. The van der Waals surface area contributed by atoms with Crippen molar-refractivity contribution in [2.24, 2.45) is 0 Å². The van der Waals surface area contributed by atoms with Crippen LogP contribution in [0.15, 0.2) is 59.5 Å². The van der Waals surface area contributed by atoms with Gasteiger partial charge in [-0.2, -0.15) is 5.26 Å². The fraction of sp³-hybridized carbons (Fsp3) is 0.105. The average Bonchev–Trinajstić information content (AvgIpc) is 2.55. The monoisotopic (exact) mass is 325 g/mol. The summed E-state index contributed by atoms with van der Waals surface area (Å²) < 4.78 is 26.9. The van der Waals surface area contributed by atoms with Gasteiger partial charge in [0.05, 0.1) is 6.07 Å². The molecule has 0 amide bonds. The molecule has 3 rings (SSSR count). The van der Waals surface area contributed by atoms with Crippen molar-refractivity contribution in [3.63, 3.8) is 0 Å². The topological polar surface area (TPSA) is 23.8 Å². The van der Waals surface area contributed by atoms with E-state index in [1.54, 1.807) is 11.8 Å². The lowest BCUT2D eigenvalue weighted by Crippen LogP contribution is -1.87. The van der Waals surface area contributed by atoms with Gasteiger partial charge in [-0.05, 0) is 46.7 Å². The number of rotatable bonds is 4. The molecular weight excluding hydrogens is 312 g/mol. The Hall–Kier alpha value is -2.38. The van der Waals surface area contributed by atoms with Crippen LogP contribution in [0.1, 0.15) is 6.42 Å². The highest BCUT2D eigenvalue weighted by Crippen LogP contribution is 2.29. The highest BCUT2D eigenvalue weighted by molar-refractivity contribution is 7.99. The summed E-state index contributed by atoms with van der Waals surface area (Å²) in [4.78, 5) is 1.11. The summed E-state index contributed by atoms with van der Waals surface area (Å²) in [5.41, 5.74) is 1.11. The first-order valence-electron chi connectivity index (χ1n) is 7.16. The SMILES string of the molecule is N#CCCSc1ccc2cc(-c3ccc(F)cc3F)ccc2c1. The van der Waals surface area contributed by atoms with Crippen LogP contribution in [0.25, 0.3) is 21.9 Å². The van der Waals surface area contributed by atoms with Crippen LogP contribution in [0.3, 0.4) is 0 Å². The number of halogens is 2. The van der Waals surface area contributed by atoms with Crippen LogP contribution in [0.2, 0.25) is 0 Å². The zero-order valence-electron chi connectivity index (χ0n) is 12.2. The maximum absolute atomic E-state index is 13.9. The molecular formula is C19H13F2NS. The molecule has 0 unspecified atom stereocenters. The van der Waals surface area contributed by atoms with E-state index in [1.165, 1.54) is 12.1 Å². The molecule has 0 aliphatic carbocycles. The first kappa shape index (κ1) is 15.5. The van der Waals surface area contributed by atoms with E-state index in [9.17, 15) is 8.78 Å². The van der Waals surface area contributed by atoms with E-state index in [0.717, 1.165) is 33.1 Å². The molecule has 4 heteroatoms. The minimum atomic E-state index is -0.578. The number of hydrogen-bond donors (Lipinski definition) is 0. The number of fused-ring (bicyclic) bond motifs is 1. The van der Waals surface area contributed by atoms with Crippen molar-refractivity contribution in [2.45, 2.75) is 11.3 Å². The zero-order valence-corrected chi connectivity index (χ0v) is 13.0. The molecule has 3 aromatic carbocycles. The Bertz CT molecular complexity index is 900. The molecule has 0 saturated carbocycles. The molecule has 0 radical (unpaired) electrons. The van der Waals surface area contributed by atoms with Crippen molar-refractivity contribution in [2.75, 3.05) is 5.75 Å². The Morgan fingerprint density at radius 1 is 0.913 bits per heavy atom. The first-order chi connectivity index (χ1) is 11.2. The van der Waals surface area contributed by atoms with Crippen LogP contribution in [0.4, 0.5) is 8.78 Å². The molecule has 0 aliphatic heterocycles. The Labute approximate surface area is 137 Å². The second-order valence-corrected chi connectivity index (χ2v) is 6.27. The molecule has 3 aromatic rings. The standard InChI is InChI=1S/C19H13F2NS/c20-16-5-7-18(19(21)12-16)15-3-2-14-11-17(23-9-1-8-22)6-4-13(14)10-15/h2-7,10-12H,1,9H2. The van der Waals surface area contributed by atoms with E-state index in [0.29, 0.717) is 12.0 Å². The summed E-state index contributed by atoms with van der Waals surface area (Å²) in [5.74, 6) is -0.375. The number of hydrogen-bond acceptors (Lipinski definition) is 2. The van der Waals surface area contributed by atoms with Gasteiger partial charge in [0, 0.05) is 28.7 Å². The quantitative estimate of drug-likeness (QED) is 0.448. The fourth-order valence-electron chi connectivity index (χ4n) is 2.42. The second kappa shape index (κ2) is 6.80. The van der Waals surface area contributed by atoms with E-state index in [4.69, 9.17) is 5.26 Å². The van der Waals surface area contributed by atoms with Gasteiger partial charge in [0.15, 0.2) is 0 Å². The largest absolute Gasteiger partial charge is 0.207 e. The lowest BCUT2D eigenvalue weighted by atomic mass is 10.0. The van der Waals surface area contributed by atoms with Gasteiger partial charge < -0.3 is 0 Å². The van der Waals surface area contributed by atoms with Crippen LogP contribution in [-0.2, 0) is 0 Å².